The van der Waals surface area contributed by atoms with Gasteiger partial charge in [0.25, 0.3) is 0 Å². The summed E-state index contributed by atoms with van der Waals surface area (Å²) in [5.41, 5.74) is 1.92. The molecule has 0 saturated heterocycles. The van der Waals surface area contributed by atoms with E-state index in [4.69, 9.17) is 0 Å². The fourth-order valence-corrected chi connectivity index (χ4v) is 3.31. The first-order chi connectivity index (χ1) is 16.2. The molecule has 4 aromatic rings. The van der Waals surface area contributed by atoms with Crippen LogP contribution in [0, 0.1) is 0 Å². The summed E-state index contributed by atoms with van der Waals surface area (Å²) in [6, 6.07) is 9.54. The average Bonchev–Trinajstić information content (AvgIpc) is 3.23. The lowest BCUT2D eigenvalue weighted by Gasteiger charge is -2.18. The van der Waals surface area contributed by atoms with Crippen molar-refractivity contribution in [1.29, 1.82) is 0 Å². The van der Waals surface area contributed by atoms with E-state index < -0.39 is 17.8 Å². The first-order valence-corrected chi connectivity index (χ1v) is 10.1. The number of benzene rings is 2. The van der Waals surface area contributed by atoms with Gasteiger partial charge in [-0.05, 0) is 42.5 Å². The van der Waals surface area contributed by atoms with Gasteiger partial charge >= 0.3 is 12.2 Å². The summed E-state index contributed by atoms with van der Waals surface area (Å²) in [7, 11) is 4.99. The summed E-state index contributed by atoms with van der Waals surface area (Å²) in [6.45, 7) is 0. The predicted octanol–water partition coefficient (Wildman–Crippen LogP) is 4.59. The molecular weight excluding hydrogens is 449 g/mol. The molecule has 9 nitrogen and oxygen atoms in total. The minimum Gasteiger partial charge on any atom is -0.378 e. The number of nitrogens with zero attached hydrogens (tertiary/aromatic N) is 5. The maximum atomic E-state index is 13.2. The van der Waals surface area contributed by atoms with Gasteiger partial charge in [-0.2, -0.15) is 13.2 Å². The van der Waals surface area contributed by atoms with E-state index in [0.29, 0.717) is 28.4 Å². The van der Waals surface area contributed by atoms with Crippen LogP contribution in [0.3, 0.4) is 0 Å². The van der Waals surface area contributed by atoms with Gasteiger partial charge in [0.2, 0.25) is 0 Å². The molecule has 0 atom stereocenters. The smallest absolute Gasteiger partial charge is 0.378 e. The molecule has 3 N–H and O–H groups in total. The number of halogens is 3. The molecule has 4 rings (SSSR count). The molecule has 0 aliphatic carbocycles. The second-order valence-corrected chi connectivity index (χ2v) is 7.55. The zero-order chi connectivity index (χ0) is 24.5. The summed E-state index contributed by atoms with van der Waals surface area (Å²) in [4.78, 5) is 26.7. The highest BCUT2D eigenvalue weighted by Gasteiger charge is 2.31. The first-order valence-electron chi connectivity index (χ1n) is 10.1. The highest BCUT2D eigenvalue weighted by Crippen LogP contribution is 2.34. The van der Waals surface area contributed by atoms with Crippen LogP contribution in [0.1, 0.15) is 5.56 Å². The van der Waals surface area contributed by atoms with Crippen molar-refractivity contribution < 1.29 is 18.0 Å². The fraction of sp³-hybridized carbons (Fsp3) is 0.182. The van der Waals surface area contributed by atoms with E-state index in [1.54, 1.807) is 56.3 Å². The number of urea groups is 1. The van der Waals surface area contributed by atoms with Crippen molar-refractivity contribution in [2.75, 3.05) is 42.0 Å². The molecule has 2 heterocycles. The Morgan fingerprint density at radius 1 is 0.971 bits per heavy atom. The van der Waals surface area contributed by atoms with Crippen LogP contribution in [0.25, 0.3) is 16.9 Å². The van der Waals surface area contributed by atoms with Crippen molar-refractivity contribution >= 4 is 40.1 Å². The summed E-state index contributed by atoms with van der Waals surface area (Å²) >= 11 is 0. The first kappa shape index (κ1) is 22.8. The number of amides is 2. The number of carbonyl (C=O) groups is 1. The number of rotatable bonds is 5. The standard InChI is InChI=1S/C22H21F3N8O/c1-26-19-18-20(28-11-27-19)33(12-29-18)16-6-4-14(5-7-16)30-21(34)31-15-8-13(22(23,24)25)9-17(10-15)32(2)3/h4-12H,1-3H3,(H,26,27,28)(H2,30,31,34). The lowest BCUT2D eigenvalue weighted by Crippen LogP contribution is -2.20. The van der Waals surface area contributed by atoms with E-state index in [2.05, 4.69) is 30.9 Å². The Morgan fingerprint density at radius 2 is 1.68 bits per heavy atom. The minimum atomic E-state index is -4.54. The largest absolute Gasteiger partial charge is 0.416 e. The molecule has 0 fully saturated rings. The van der Waals surface area contributed by atoms with E-state index >= 15 is 0 Å². The molecule has 0 bridgehead atoms. The molecule has 0 saturated carbocycles. The monoisotopic (exact) mass is 470 g/mol. The molecule has 0 unspecified atom stereocenters. The van der Waals surface area contributed by atoms with E-state index in [1.165, 1.54) is 17.3 Å². The van der Waals surface area contributed by atoms with E-state index in [-0.39, 0.29) is 5.69 Å². The second kappa shape index (κ2) is 8.89. The maximum Gasteiger partial charge on any atom is 0.416 e. The molecule has 0 aliphatic heterocycles. The molecule has 176 valence electrons. The van der Waals surface area contributed by atoms with Crippen molar-refractivity contribution in [1.82, 2.24) is 19.5 Å². The van der Waals surface area contributed by atoms with Crippen LogP contribution in [0.15, 0.2) is 55.1 Å². The lowest BCUT2D eigenvalue weighted by molar-refractivity contribution is -0.137. The van der Waals surface area contributed by atoms with E-state index in [9.17, 15) is 18.0 Å². The van der Waals surface area contributed by atoms with Crippen molar-refractivity contribution in [2.45, 2.75) is 6.18 Å². The van der Waals surface area contributed by atoms with Crippen molar-refractivity contribution in [3.63, 3.8) is 0 Å². The average molecular weight is 470 g/mol. The van der Waals surface area contributed by atoms with E-state index in [0.717, 1.165) is 17.8 Å². The Labute approximate surface area is 192 Å². The van der Waals surface area contributed by atoms with Gasteiger partial charge in [-0.25, -0.2) is 19.7 Å². The number of imidazole rings is 1. The van der Waals surface area contributed by atoms with Gasteiger partial charge in [-0.15, -0.1) is 0 Å². The number of anilines is 4. The fourth-order valence-electron chi connectivity index (χ4n) is 3.31. The summed E-state index contributed by atoms with van der Waals surface area (Å²) in [6.07, 6.45) is -1.49. The van der Waals surface area contributed by atoms with Crippen molar-refractivity contribution in [3.05, 3.63) is 60.7 Å². The number of nitrogens with one attached hydrogen (secondary N) is 3. The minimum absolute atomic E-state index is 0.0255. The van der Waals surface area contributed by atoms with Crippen molar-refractivity contribution in [3.8, 4) is 5.69 Å². The van der Waals surface area contributed by atoms with Crippen molar-refractivity contribution in [2.24, 2.45) is 0 Å². The normalized spacial score (nSPS) is 11.4. The molecule has 12 heteroatoms. The number of carbonyl (C=O) groups excluding carboxylic acids is 1. The molecule has 0 spiro atoms. The SMILES string of the molecule is CNc1ncnc2c1ncn2-c1ccc(NC(=O)Nc2cc(N(C)C)cc(C(F)(F)F)c2)cc1. The maximum absolute atomic E-state index is 13.2. The molecule has 0 radical (unpaired) electrons. The third-order valence-electron chi connectivity index (χ3n) is 4.99. The Morgan fingerprint density at radius 3 is 2.32 bits per heavy atom. The number of hydrogen-bond donors (Lipinski definition) is 3. The number of hydrogen-bond acceptors (Lipinski definition) is 6. The summed E-state index contributed by atoms with van der Waals surface area (Å²) < 4.78 is 41.4. The van der Waals surface area contributed by atoms with Crippen LogP contribution >= 0.6 is 0 Å². The number of aromatic nitrogens is 4. The number of fused-ring (bicyclic) bond motifs is 1. The highest BCUT2D eigenvalue weighted by atomic mass is 19.4. The van der Waals surface area contributed by atoms with Gasteiger partial charge in [0.1, 0.15) is 12.7 Å². The van der Waals surface area contributed by atoms with Crippen LogP contribution in [-0.2, 0) is 6.18 Å². The topological polar surface area (TPSA) is 100 Å². The Hall–Kier alpha value is -4.35. The van der Waals surface area contributed by atoms with Gasteiger partial charge in [-0.3, -0.25) is 4.57 Å². The molecule has 34 heavy (non-hydrogen) atoms. The van der Waals surface area contributed by atoms with Gasteiger partial charge in [0.05, 0.1) is 5.56 Å². The second-order valence-electron chi connectivity index (χ2n) is 7.55. The van der Waals surface area contributed by atoms with E-state index in [1.807, 2.05) is 0 Å². The molecule has 2 aromatic heterocycles. The Bertz CT molecular complexity index is 1330. The zero-order valence-electron chi connectivity index (χ0n) is 18.5. The quantitative estimate of drug-likeness (QED) is 0.395. The molecule has 0 aliphatic rings. The van der Waals surface area contributed by atoms with Crippen LogP contribution in [0.5, 0.6) is 0 Å². The van der Waals surface area contributed by atoms with Gasteiger partial charge < -0.3 is 20.9 Å². The Balaban J connectivity index is 1.51. The Kier molecular flexibility index (Phi) is 5.97. The van der Waals surface area contributed by atoms with Crippen LogP contribution < -0.4 is 20.9 Å². The van der Waals surface area contributed by atoms with Gasteiger partial charge in [0.15, 0.2) is 17.0 Å². The van der Waals surface area contributed by atoms with Gasteiger partial charge in [-0.1, -0.05) is 0 Å². The van der Waals surface area contributed by atoms with Crippen LogP contribution in [0.2, 0.25) is 0 Å². The number of alkyl halides is 3. The van der Waals surface area contributed by atoms with Crippen LogP contribution in [0.4, 0.5) is 40.8 Å². The summed E-state index contributed by atoms with van der Waals surface area (Å²) in [5.74, 6) is 0.603. The predicted molar refractivity (Wildman–Crippen MR) is 125 cm³/mol. The summed E-state index contributed by atoms with van der Waals surface area (Å²) in [5, 5.41) is 8.04. The van der Waals surface area contributed by atoms with Crippen LogP contribution in [-0.4, -0.2) is 46.7 Å². The third-order valence-corrected chi connectivity index (χ3v) is 4.99. The molecule has 2 amide bonds. The zero-order valence-corrected chi connectivity index (χ0v) is 18.5. The lowest BCUT2D eigenvalue weighted by atomic mass is 10.1. The van der Waals surface area contributed by atoms with Gasteiger partial charge in [0, 0.05) is 43.9 Å². The molecule has 2 aromatic carbocycles. The highest BCUT2D eigenvalue weighted by molar-refractivity contribution is 6.00. The molecular formula is C22H21F3N8O. The third kappa shape index (κ3) is 4.70.